The van der Waals surface area contributed by atoms with Gasteiger partial charge in [-0.25, -0.2) is 0 Å². The molecule has 0 spiro atoms. The van der Waals surface area contributed by atoms with Gasteiger partial charge >= 0.3 is 0 Å². The van der Waals surface area contributed by atoms with E-state index in [1.807, 2.05) is 6.07 Å². The normalized spacial score (nSPS) is 24.1. The summed E-state index contributed by atoms with van der Waals surface area (Å²) in [6.07, 6.45) is -0.959. The summed E-state index contributed by atoms with van der Waals surface area (Å²) in [6.45, 7) is 1.55. The molecule has 84 valence electrons. The van der Waals surface area contributed by atoms with E-state index in [0.717, 1.165) is 9.35 Å². The second-order valence-electron chi connectivity index (χ2n) is 3.20. The predicted molar refractivity (Wildman–Crippen MR) is 62.5 cm³/mol. The van der Waals surface area contributed by atoms with Crippen molar-refractivity contribution >= 4 is 38.9 Å². The monoisotopic (exact) mass is 312 g/mol. The molecule has 0 bridgehead atoms. The summed E-state index contributed by atoms with van der Waals surface area (Å²) in [5.74, 6) is 0. The van der Waals surface area contributed by atoms with Crippen molar-refractivity contribution in [3.8, 4) is 0 Å². The minimum Gasteiger partial charge on any atom is -0.385 e. The van der Waals surface area contributed by atoms with Crippen LogP contribution in [0.1, 0.15) is 11.0 Å². The largest absolute Gasteiger partial charge is 0.385 e. The van der Waals surface area contributed by atoms with E-state index in [9.17, 15) is 5.11 Å². The average molecular weight is 314 g/mol. The molecule has 0 aromatic carbocycles. The van der Waals surface area contributed by atoms with Crippen LogP contribution in [0.5, 0.6) is 0 Å². The molecule has 1 saturated heterocycles. The predicted octanol–water partition coefficient (Wildman–Crippen LogP) is 2.61. The first-order chi connectivity index (χ1) is 7.18. The maximum absolute atomic E-state index is 10.0. The highest BCUT2D eigenvalue weighted by molar-refractivity contribution is 9.10. The van der Waals surface area contributed by atoms with Gasteiger partial charge in [-0.1, -0.05) is 11.6 Å². The van der Waals surface area contributed by atoms with E-state index in [2.05, 4.69) is 15.9 Å². The number of halogens is 2. The Balaban J connectivity index is 2.08. The maximum atomic E-state index is 10.0. The highest BCUT2D eigenvalue weighted by Gasteiger charge is 2.26. The number of aliphatic hydroxyl groups is 1. The van der Waals surface area contributed by atoms with Gasteiger partial charge in [0, 0.05) is 9.35 Å². The highest BCUT2D eigenvalue weighted by atomic mass is 79.9. The molecule has 1 fully saturated rings. The number of hydrogen-bond acceptors (Lipinski definition) is 4. The molecule has 0 radical (unpaired) electrons. The Kier molecular flexibility index (Phi) is 4.04. The zero-order valence-electron chi connectivity index (χ0n) is 7.78. The lowest BCUT2D eigenvalue weighted by Gasteiger charge is -2.26. The van der Waals surface area contributed by atoms with Crippen LogP contribution in [-0.2, 0) is 9.47 Å². The maximum Gasteiger partial charge on any atom is 0.117 e. The van der Waals surface area contributed by atoms with E-state index in [0.29, 0.717) is 24.2 Å². The molecule has 0 saturated carbocycles. The quantitative estimate of drug-likeness (QED) is 0.912. The molecule has 1 aromatic heterocycles. The molecule has 2 atom stereocenters. The summed E-state index contributed by atoms with van der Waals surface area (Å²) in [4.78, 5) is 0.794. The number of aliphatic hydroxyl groups excluding tert-OH is 1. The van der Waals surface area contributed by atoms with E-state index in [1.54, 1.807) is 0 Å². The van der Waals surface area contributed by atoms with Crippen LogP contribution in [0.3, 0.4) is 0 Å². The summed E-state index contributed by atoms with van der Waals surface area (Å²) >= 11 is 10.6. The zero-order chi connectivity index (χ0) is 10.8. The lowest BCUT2D eigenvalue weighted by molar-refractivity contribution is -0.132. The second-order valence-corrected chi connectivity index (χ2v) is 5.74. The first kappa shape index (κ1) is 11.8. The lowest BCUT2D eigenvalue weighted by Crippen LogP contribution is -2.33. The van der Waals surface area contributed by atoms with Crippen LogP contribution in [0, 0.1) is 0 Å². The molecule has 2 unspecified atom stereocenters. The Bertz CT molecular complexity index is 319. The minimum atomic E-state index is -0.668. The van der Waals surface area contributed by atoms with Gasteiger partial charge in [-0.3, -0.25) is 0 Å². The fourth-order valence-corrected chi connectivity index (χ4v) is 3.16. The van der Waals surface area contributed by atoms with Gasteiger partial charge in [-0.15, -0.1) is 11.3 Å². The van der Waals surface area contributed by atoms with Crippen LogP contribution >= 0.6 is 38.9 Å². The SMILES string of the molecule is OC(c1cc(Br)c(Cl)s1)C1COCCO1. The minimum absolute atomic E-state index is 0.291. The summed E-state index contributed by atoms with van der Waals surface area (Å²) in [7, 11) is 0. The third kappa shape index (κ3) is 2.72. The van der Waals surface area contributed by atoms with Crippen LogP contribution in [0.25, 0.3) is 0 Å². The van der Waals surface area contributed by atoms with Crippen molar-refractivity contribution in [3.05, 3.63) is 19.8 Å². The molecule has 15 heavy (non-hydrogen) atoms. The van der Waals surface area contributed by atoms with Crippen molar-refractivity contribution in [3.63, 3.8) is 0 Å². The Morgan fingerprint density at radius 1 is 1.60 bits per heavy atom. The van der Waals surface area contributed by atoms with E-state index in [-0.39, 0.29) is 6.10 Å². The van der Waals surface area contributed by atoms with Crippen molar-refractivity contribution in [2.75, 3.05) is 19.8 Å². The number of rotatable bonds is 2. The third-order valence-electron chi connectivity index (χ3n) is 2.15. The van der Waals surface area contributed by atoms with Crippen LogP contribution in [0.15, 0.2) is 10.5 Å². The van der Waals surface area contributed by atoms with E-state index in [1.165, 1.54) is 11.3 Å². The van der Waals surface area contributed by atoms with Crippen molar-refractivity contribution in [2.45, 2.75) is 12.2 Å². The van der Waals surface area contributed by atoms with Crippen molar-refractivity contribution in [1.82, 2.24) is 0 Å². The number of thiophene rings is 1. The summed E-state index contributed by atoms with van der Waals surface area (Å²) in [5.41, 5.74) is 0. The fraction of sp³-hybridized carbons (Fsp3) is 0.556. The molecule has 1 aromatic rings. The zero-order valence-corrected chi connectivity index (χ0v) is 10.9. The molecular weight excluding hydrogens is 304 g/mol. The topological polar surface area (TPSA) is 38.7 Å². The molecule has 2 rings (SSSR count). The second kappa shape index (κ2) is 5.12. The molecule has 2 heterocycles. The smallest absolute Gasteiger partial charge is 0.117 e. The van der Waals surface area contributed by atoms with Gasteiger partial charge in [-0.05, 0) is 22.0 Å². The van der Waals surface area contributed by atoms with Gasteiger partial charge < -0.3 is 14.6 Å². The molecular formula is C9H10BrClO3S. The lowest BCUT2D eigenvalue weighted by atomic mass is 10.2. The van der Waals surface area contributed by atoms with E-state index < -0.39 is 6.10 Å². The van der Waals surface area contributed by atoms with Crippen molar-refractivity contribution in [2.24, 2.45) is 0 Å². The van der Waals surface area contributed by atoms with Crippen LogP contribution in [0.4, 0.5) is 0 Å². The van der Waals surface area contributed by atoms with Crippen LogP contribution in [0.2, 0.25) is 4.34 Å². The molecule has 1 aliphatic rings. The van der Waals surface area contributed by atoms with Gasteiger partial charge in [0.25, 0.3) is 0 Å². The average Bonchev–Trinajstić information content (AvgIpc) is 2.59. The van der Waals surface area contributed by atoms with Gasteiger partial charge in [0.1, 0.15) is 16.5 Å². The van der Waals surface area contributed by atoms with Gasteiger partial charge in [-0.2, -0.15) is 0 Å². The van der Waals surface area contributed by atoms with Crippen LogP contribution in [-0.4, -0.2) is 31.0 Å². The Morgan fingerprint density at radius 2 is 2.40 bits per heavy atom. The fourth-order valence-electron chi connectivity index (χ4n) is 1.38. The van der Waals surface area contributed by atoms with Crippen LogP contribution < -0.4 is 0 Å². The van der Waals surface area contributed by atoms with Crippen molar-refractivity contribution in [1.29, 1.82) is 0 Å². The first-order valence-corrected chi connectivity index (χ1v) is 6.49. The Morgan fingerprint density at radius 3 is 2.93 bits per heavy atom. The molecule has 1 N–H and O–H groups in total. The molecule has 1 aliphatic heterocycles. The van der Waals surface area contributed by atoms with Gasteiger partial charge in [0.15, 0.2) is 0 Å². The standard InChI is InChI=1S/C9H10BrClO3S/c10-5-3-7(15-9(5)11)8(12)6-4-13-1-2-14-6/h3,6,8,12H,1-2,4H2. The van der Waals surface area contributed by atoms with Gasteiger partial charge in [0.2, 0.25) is 0 Å². The van der Waals surface area contributed by atoms with E-state index in [4.69, 9.17) is 21.1 Å². The summed E-state index contributed by atoms with van der Waals surface area (Å²) in [6, 6.07) is 1.82. The molecule has 0 amide bonds. The first-order valence-electron chi connectivity index (χ1n) is 4.50. The number of hydrogen-bond donors (Lipinski definition) is 1. The molecule has 6 heteroatoms. The Hall–Kier alpha value is 0.350. The van der Waals surface area contributed by atoms with E-state index >= 15 is 0 Å². The van der Waals surface area contributed by atoms with Gasteiger partial charge in [0.05, 0.1) is 19.8 Å². The highest BCUT2D eigenvalue weighted by Crippen LogP contribution is 2.36. The molecule has 3 nitrogen and oxygen atoms in total. The summed E-state index contributed by atoms with van der Waals surface area (Å²) < 4.78 is 12.1. The summed E-state index contributed by atoms with van der Waals surface area (Å²) in [5, 5.41) is 10.0. The number of ether oxygens (including phenoxy) is 2. The Labute approximate surface area is 105 Å². The molecule has 0 aliphatic carbocycles. The third-order valence-corrected chi connectivity index (χ3v) is 4.69. The van der Waals surface area contributed by atoms with Crippen molar-refractivity contribution < 1.29 is 14.6 Å².